The molecule has 0 heterocycles. The van der Waals surface area contributed by atoms with Crippen molar-refractivity contribution in [3.05, 3.63) is 69.8 Å². The fourth-order valence-corrected chi connectivity index (χ4v) is 2.69. The van der Waals surface area contributed by atoms with Gasteiger partial charge in [-0.3, -0.25) is 19.7 Å². The van der Waals surface area contributed by atoms with Gasteiger partial charge in [0.1, 0.15) is 5.69 Å². The molecule has 0 bridgehead atoms. The Kier molecular flexibility index (Phi) is 8.14. The average molecular weight is 399 g/mol. The number of hydrogen-bond donors (Lipinski definition) is 1. The second-order valence-corrected chi connectivity index (χ2v) is 6.64. The molecule has 0 aliphatic carbocycles. The molecule has 2 rings (SSSR count). The number of esters is 1. The Hall–Kier alpha value is -3.42. The first-order valence-corrected chi connectivity index (χ1v) is 9.30. The summed E-state index contributed by atoms with van der Waals surface area (Å²) in [6, 6.07) is 14.1. The van der Waals surface area contributed by atoms with Crippen molar-refractivity contribution in [1.29, 1.82) is 0 Å². The van der Waals surface area contributed by atoms with Gasteiger partial charge in [0.2, 0.25) is 0 Å². The molecule has 2 aromatic carbocycles. The molecule has 1 N–H and O–H groups in total. The Balaban J connectivity index is 1.68. The van der Waals surface area contributed by atoms with Crippen LogP contribution in [0.4, 0.5) is 11.4 Å². The lowest BCUT2D eigenvalue weighted by atomic mass is 10.1. The number of amides is 1. The first-order chi connectivity index (χ1) is 13.9. The molecule has 2 aromatic rings. The van der Waals surface area contributed by atoms with Gasteiger partial charge in [0.15, 0.2) is 6.61 Å². The van der Waals surface area contributed by atoms with Crippen LogP contribution in [-0.4, -0.2) is 41.9 Å². The first kappa shape index (κ1) is 21.9. The molecule has 154 valence electrons. The monoisotopic (exact) mass is 399 g/mol. The number of para-hydroxylation sites is 2. The summed E-state index contributed by atoms with van der Waals surface area (Å²) < 4.78 is 5.04. The molecule has 0 aliphatic rings. The molecule has 1 amide bonds. The van der Waals surface area contributed by atoms with E-state index in [4.69, 9.17) is 4.74 Å². The second-order valence-electron chi connectivity index (χ2n) is 6.64. The van der Waals surface area contributed by atoms with E-state index in [-0.39, 0.29) is 24.6 Å². The summed E-state index contributed by atoms with van der Waals surface area (Å²) in [5.41, 5.74) is 2.52. The Bertz CT molecular complexity index is 869. The number of nitro groups is 1. The Morgan fingerprint density at radius 2 is 1.83 bits per heavy atom. The number of hydrogen-bond acceptors (Lipinski definition) is 6. The van der Waals surface area contributed by atoms with E-state index in [9.17, 15) is 19.7 Å². The van der Waals surface area contributed by atoms with Crippen LogP contribution in [0, 0.1) is 17.0 Å². The van der Waals surface area contributed by atoms with Gasteiger partial charge in [0, 0.05) is 32.6 Å². The van der Waals surface area contributed by atoms with E-state index in [1.54, 1.807) is 25.2 Å². The third-order valence-corrected chi connectivity index (χ3v) is 4.43. The highest BCUT2D eigenvalue weighted by Crippen LogP contribution is 2.23. The third kappa shape index (κ3) is 6.91. The Morgan fingerprint density at radius 3 is 2.55 bits per heavy atom. The fraction of sp³-hybridized carbons (Fsp3) is 0.333. The number of rotatable bonds is 10. The molecule has 0 saturated carbocycles. The van der Waals surface area contributed by atoms with Crippen molar-refractivity contribution in [2.24, 2.45) is 0 Å². The maximum absolute atomic E-state index is 12.2. The van der Waals surface area contributed by atoms with Gasteiger partial charge in [0.05, 0.1) is 4.92 Å². The van der Waals surface area contributed by atoms with Gasteiger partial charge >= 0.3 is 5.97 Å². The van der Waals surface area contributed by atoms with E-state index in [1.807, 2.05) is 31.2 Å². The zero-order valence-electron chi connectivity index (χ0n) is 16.6. The van der Waals surface area contributed by atoms with Crippen LogP contribution in [0.3, 0.4) is 0 Å². The van der Waals surface area contributed by atoms with E-state index in [1.165, 1.54) is 11.0 Å². The Labute approximate surface area is 169 Å². The highest BCUT2D eigenvalue weighted by atomic mass is 16.6. The van der Waals surface area contributed by atoms with Crippen LogP contribution < -0.4 is 5.32 Å². The van der Waals surface area contributed by atoms with Gasteiger partial charge in [-0.15, -0.1) is 0 Å². The molecule has 0 atom stereocenters. The van der Waals surface area contributed by atoms with E-state index < -0.39 is 10.9 Å². The molecule has 0 spiro atoms. The fourth-order valence-electron chi connectivity index (χ4n) is 2.69. The van der Waals surface area contributed by atoms with Crippen molar-refractivity contribution in [3.63, 3.8) is 0 Å². The van der Waals surface area contributed by atoms with Crippen molar-refractivity contribution < 1.29 is 19.2 Å². The number of benzene rings is 2. The molecule has 8 nitrogen and oxygen atoms in total. The standard InChI is InChI=1S/C21H25N3O5/c1-16-8-3-4-9-17(16)14-23(2)20(25)15-29-21(26)12-7-13-22-18-10-5-6-11-19(18)24(27)28/h3-6,8-11,22H,7,12-15H2,1-2H3. The van der Waals surface area contributed by atoms with Crippen LogP contribution in [-0.2, 0) is 20.9 Å². The predicted molar refractivity (Wildman–Crippen MR) is 109 cm³/mol. The lowest BCUT2D eigenvalue weighted by molar-refractivity contribution is -0.384. The van der Waals surface area contributed by atoms with Gasteiger partial charge < -0.3 is 15.0 Å². The van der Waals surface area contributed by atoms with Gasteiger partial charge in [0.25, 0.3) is 11.6 Å². The van der Waals surface area contributed by atoms with Gasteiger partial charge in [-0.2, -0.15) is 0 Å². The zero-order valence-corrected chi connectivity index (χ0v) is 16.6. The molecular formula is C21H25N3O5. The van der Waals surface area contributed by atoms with Crippen LogP contribution in [0.2, 0.25) is 0 Å². The van der Waals surface area contributed by atoms with Crippen LogP contribution >= 0.6 is 0 Å². The molecule has 0 aliphatic heterocycles. The molecular weight excluding hydrogens is 374 g/mol. The highest BCUT2D eigenvalue weighted by molar-refractivity contribution is 5.80. The van der Waals surface area contributed by atoms with E-state index in [0.717, 1.165) is 11.1 Å². The van der Waals surface area contributed by atoms with Gasteiger partial charge in [-0.1, -0.05) is 36.4 Å². The van der Waals surface area contributed by atoms with Crippen LogP contribution in [0.1, 0.15) is 24.0 Å². The van der Waals surface area contributed by atoms with Crippen molar-refractivity contribution in [1.82, 2.24) is 4.90 Å². The minimum absolute atomic E-state index is 0.0163. The topological polar surface area (TPSA) is 102 Å². The minimum Gasteiger partial charge on any atom is -0.456 e. The van der Waals surface area contributed by atoms with Crippen molar-refractivity contribution in [3.8, 4) is 0 Å². The lowest BCUT2D eigenvalue weighted by Crippen LogP contribution is -2.31. The average Bonchev–Trinajstić information content (AvgIpc) is 2.71. The summed E-state index contributed by atoms with van der Waals surface area (Å²) >= 11 is 0. The molecule has 0 fully saturated rings. The summed E-state index contributed by atoms with van der Waals surface area (Å²) in [5, 5.41) is 13.9. The smallest absolute Gasteiger partial charge is 0.306 e. The van der Waals surface area contributed by atoms with Crippen LogP contribution in [0.15, 0.2) is 48.5 Å². The number of nitrogens with zero attached hydrogens (tertiary/aromatic N) is 2. The number of likely N-dealkylation sites (N-methyl/N-ethyl adjacent to an activating group) is 1. The first-order valence-electron chi connectivity index (χ1n) is 9.30. The van der Waals surface area contributed by atoms with Crippen molar-refractivity contribution >= 4 is 23.3 Å². The lowest BCUT2D eigenvalue weighted by Gasteiger charge is -2.18. The summed E-state index contributed by atoms with van der Waals surface area (Å²) in [5.74, 6) is -0.758. The van der Waals surface area contributed by atoms with Crippen molar-refractivity contribution in [2.45, 2.75) is 26.3 Å². The number of nitro benzene ring substituents is 1. The quantitative estimate of drug-likeness (QED) is 0.285. The van der Waals surface area contributed by atoms with Gasteiger partial charge in [-0.05, 0) is 30.5 Å². The number of anilines is 1. The van der Waals surface area contributed by atoms with E-state index in [0.29, 0.717) is 25.2 Å². The SMILES string of the molecule is Cc1ccccc1CN(C)C(=O)COC(=O)CCCNc1ccccc1[N+](=O)[O-]. The molecule has 29 heavy (non-hydrogen) atoms. The summed E-state index contributed by atoms with van der Waals surface area (Å²) in [6.45, 7) is 2.49. The molecule has 8 heteroatoms. The summed E-state index contributed by atoms with van der Waals surface area (Å²) in [6.07, 6.45) is 0.542. The maximum atomic E-state index is 12.2. The normalized spacial score (nSPS) is 10.3. The number of ether oxygens (including phenoxy) is 1. The summed E-state index contributed by atoms with van der Waals surface area (Å²) in [4.78, 5) is 36.0. The maximum Gasteiger partial charge on any atom is 0.306 e. The molecule has 0 aromatic heterocycles. The highest BCUT2D eigenvalue weighted by Gasteiger charge is 2.14. The third-order valence-electron chi connectivity index (χ3n) is 4.43. The number of aryl methyl sites for hydroxylation is 1. The number of carbonyl (C=O) groups excluding carboxylic acids is 2. The van der Waals surface area contributed by atoms with E-state index in [2.05, 4.69) is 5.32 Å². The molecule has 0 saturated heterocycles. The molecule has 0 radical (unpaired) electrons. The Morgan fingerprint density at radius 1 is 1.14 bits per heavy atom. The van der Waals surface area contributed by atoms with Crippen molar-refractivity contribution in [2.75, 3.05) is 25.5 Å². The van der Waals surface area contributed by atoms with E-state index >= 15 is 0 Å². The minimum atomic E-state index is -0.480. The number of nitrogens with one attached hydrogen (secondary N) is 1. The number of carbonyl (C=O) groups is 2. The zero-order chi connectivity index (χ0) is 21.2. The molecule has 0 unspecified atom stereocenters. The summed E-state index contributed by atoms with van der Waals surface area (Å²) in [7, 11) is 1.67. The second kappa shape index (κ2) is 10.8. The van der Waals surface area contributed by atoms with Crippen LogP contribution in [0.25, 0.3) is 0 Å². The predicted octanol–water partition coefficient (Wildman–Crippen LogP) is 3.30. The van der Waals surface area contributed by atoms with Gasteiger partial charge in [-0.25, -0.2) is 0 Å². The largest absolute Gasteiger partial charge is 0.456 e. The van der Waals surface area contributed by atoms with Crippen LogP contribution in [0.5, 0.6) is 0 Å².